The van der Waals surface area contributed by atoms with E-state index in [9.17, 15) is 9.90 Å². The molecule has 0 radical (unpaired) electrons. The molecule has 35 heavy (non-hydrogen) atoms. The van der Waals surface area contributed by atoms with Gasteiger partial charge in [-0.25, -0.2) is 0 Å². The van der Waals surface area contributed by atoms with Crippen molar-refractivity contribution < 1.29 is 14.6 Å². The van der Waals surface area contributed by atoms with Crippen molar-refractivity contribution in [1.29, 1.82) is 5.41 Å². The minimum Gasteiger partial charge on any atom is -0.484 e. The predicted octanol–water partition coefficient (Wildman–Crippen LogP) is 2.78. The van der Waals surface area contributed by atoms with Crippen molar-refractivity contribution >= 4 is 11.9 Å². The molecule has 0 aliphatic carbocycles. The maximum Gasteiger partial charge on any atom is 0.260 e. The Morgan fingerprint density at radius 1 is 1.23 bits per heavy atom. The first-order valence-corrected chi connectivity index (χ1v) is 13.5. The van der Waals surface area contributed by atoms with Gasteiger partial charge in [-0.3, -0.25) is 10.2 Å². The Labute approximate surface area is 209 Å². The largest absolute Gasteiger partial charge is 0.484 e. The van der Waals surface area contributed by atoms with Gasteiger partial charge in [0.15, 0.2) is 12.6 Å². The normalized spacial score (nSPS) is 28.0. The van der Waals surface area contributed by atoms with Crippen LogP contribution < -0.4 is 15.4 Å². The van der Waals surface area contributed by atoms with Crippen LogP contribution in [0.25, 0.3) is 0 Å². The Balaban J connectivity index is 1.27. The lowest BCUT2D eigenvalue weighted by Crippen LogP contribution is -2.68. The second-order valence-electron chi connectivity index (χ2n) is 10.5. The SMILES string of the molecule is CCCCC1(C2CCCNC2)CC(O)N(CC2CCN(C(=O)COc3ccccc3)CC2)C(=N)N1. The maximum absolute atomic E-state index is 12.6. The van der Waals surface area contributed by atoms with Gasteiger partial charge in [-0.1, -0.05) is 38.0 Å². The number of aliphatic hydroxyl groups excluding tert-OH is 1. The highest BCUT2D eigenvalue weighted by Gasteiger charge is 2.46. The number of unbranched alkanes of at least 4 members (excludes halogenated alkanes) is 1. The number of aliphatic hydroxyl groups is 1. The number of likely N-dealkylation sites (tertiary alicyclic amines) is 1. The summed E-state index contributed by atoms with van der Waals surface area (Å²) in [6, 6.07) is 9.42. The molecule has 1 amide bonds. The van der Waals surface area contributed by atoms with E-state index in [4.69, 9.17) is 10.1 Å². The average molecular weight is 486 g/mol. The quantitative estimate of drug-likeness (QED) is 0.429. The molecular weight excluding hydrogens is 442 g/mol. The molecule has 3 atom stereocenters. The first-order valence-electron chi connectivity index (χ1n) is 13.5. The predicted molar refractivity (Wildman–Crippen MR) is 137 cm³/mol. The summed E-state index contributed by atoms with van der Waals surface area (Å²) in [5, 5.41) is 27.1. The fourth-order valence-electron chi connectivity index (χ4n) is 6.01. The Bertz CT molecular complexity index is 823. The summed E-state index contributed by atoms with van der Waals surface area (Å²) >= 11 is 0. The van der Waals surface area contributed by atoms with Crippen LogP contribution in [0.15, 0.2) is 30.3 Å². The van der Waals surface area contributed by atoms with Crippen LogP contribution in [0, 0.1) is 17.2 Å². The van der Waals surface area contributed by atoms with Crippen molar-refractivity contribution in [2.45, 2.75) is 70.1 Å². The molecule has 3 saturated heterocycles. The van der Waals surface area contributed by atoms with E-state index in [2.05, 4.69) is 17.6 Å². The fourth-order valence-corrected chi connectivity index (χ4v) is 6.01. The monoisotopic (exact) mass is 485 g/mol. The van der Waals surface area contributed by atoms with Crippen molar-refractivity contribution in [2.24, 2.45) is 11.8 Å². The van der Waals surface area contributed by atoms with Crippen molar-refractivity contribution in [3.63, 3.8) is 0 Å². The lowest BCUT2D eigenvalue weighted by Gasteiger charge is -2.52. The molecule has 0 saturated carbocycles. The van der Waals surface area contributed by atoms with E-state index in [1.807, 2.05) is 40.1 Å². The van der Waals surface area contributed by atoms with Crippen molar-refractivity contribution in [1.82, 2.24) is 20.4 Å². The van der Waals surface area contributed by atoms with Crippen LogP contribution in [-0.2, 0) is 4.79 Å². The standard InChI is InChI=1S/C27H43N5O3/c1-2-3-13-27(22-8-7-14-29-18-22)17-24(33)32(26(28)30-27)19-21-11-15-31(16-12-21)25(34)20-35-23-9-5-4-6-10-23/h4-6,9-10,21-22,24,29,33H,2-3,7-8,11-20H2,1H3,(H2,28,30). The zero-order valence-corrected chi connectivity index (χ0v) is 21.2. The molecule has 8 heteroatoms. The van der Waals surface area contributed by atoms with Gasteiger partial charge in [-0.15, -0.1) is 0 Å². The number of nitrogens with one attached hydrogen (secondary N) is 3. The van der Waals surface area contributed by atoms with E-state index in [-0.39, 0.29) is 18.1 Å². The summed E-state index contributed by atoms with van der Waals surface area (Å²) in [6.45, 7) is 6.32. The van der Waals surface area contributed by atoms with Crippen molar-refractivity contribution in [3.05, 3.63) is 30.3 Å². The number of guanidine groups is 1. The molecule has 3 heterocycles. The van der Waals surface area contributed by atoms with Crippen molar-refractivity contribution in [3.8, 4) is 5.75 Å². The maximum atomic E-state index is 12.6. The number of hydrogen-bond acceptors (Lipinski definition) is 5. The summed E-state index contributed by atoms with van der Waals surface area (Å²) in [5.74, 6) is 1.87. The zero-order valence-electron chi connectivity index (χ0n) is 21.2. The third kappa shape index (κ3) is 6.47. The minimum absolute atomic E-state index is 0.0153. The van der Waals surface area contributed by atoms with Gasteiger partial charge in [-0.2, -0.15) is 0 Å². The van der Waals surface area contributed by atoms with Crippen LogP contribution >= 0.6 is 0 Å². The number of carbonyl (C=O) groups is 1. The lowest BCUT2D eigenvalue weighted by molar-refractivity contribution is -0.135. The number of amides is 1. The fraction of sp³-hybridized carbons (Fsp3) is 0.704. The van der Waals surface area contributed by atoms with E-state index < -0.39 is 6.23 Å². The lowest BCUT2D eigenvalue weighted by atomic mass is 9.72. The van der Waals surface area contributed by atoms with Crippen LogP contribution in [0.2, 0.25) is 0 Å². The van der Waals surface area contributed by atoms with Gasteiger partial charge in [0.05, 0.1) is 0 Å². The molecule has 1 aromatic carbocycles. The molecule has 0 spiro atoms. The number of rotatable bonds is 9. The molecule has 1 aromatic rings. The molecule has 3 unspecified atom stereocenters. The van der Waals surface area contributed by atoms with Gasteiger partial charge in [0.2, 0.25) is 0 Å². The van der Waals surface area contributed by atoms with Gasteiger partial charge in [-0.05, 0) is 62.6 Å². The molecule has 8 nitrogen and oxygen atoms in total. The summed E-state index contributed by atoms with van der Waals surface area (Å²) in [7, 11) is 0. The number of hydrogen-bond donors (Lipinski definition) is 4. The van der Waals surface area contributed by atoms with Crippen LogP contribution in [0.4, 0.5) is 0 Å². The number of para-hydroxylation sites is 1. The Hall–Kier alpha value is -2.32. The molecule has 4 rings (SSSR count). The third-order valence-electron chi connectivity index (χ3n) is 8.14. The van der Waals surface area contributed by atoms with E-state index in [0.29, 0.717) is 49.6 Å². The Morgan fingerprint density at radius 3 is 2.66 bits per heavy atom. The summed E-state index contributed by atoms with van der Waals surface area (Å²) < 4.78 is 5.62. The summed E-state index contributed by atoms with van der Waals surface area (Å²) in [6.07, 6.45) is 7.29. The van der Waals surface area contributed by atoms with Crippen LogP contribution in [0.1, 0.15) is 58.3 Å². The third-order valence-corrected chi connectivity index (χ3v) is 8.14. The number of benzene rings is 1. The van der Waals surface area contributed by atoms with Gasteiger partial charge in [0.1, 0.15) is 12.0 Å². The van der Waals surface area contributed by atoms with Gasteiger partial charge >= 0.3 is 0 Å². The first-order chi connectivity index (χ1) is 17.0. The van der Waals surface area contributed by atoms with Gasteiger partial charge in [0, 0.05) is 38.1 Å². The molecule has 0 bridgehead atoms. The van der Waals surface area contributed by atoms with Crippen LogP contribution in [-0.4, -0.2) is 77.9 Å². The highest BCUT2D eigenvalue weighted by atomic mass is 16.5. The molecule has 3 aliphatic rings. The summed E-state index contributed by atoms with van der Waals surface area (Å²) in [4.78, 5) is 16.3. The van der Waals surface area contributed by atoms with E-state index in [1.54, 1.807) is 0 Å². The van der Waals surface area contributed by atoms with Gasteiger partial charge < -0.3 is 30.3 Å². The molecule has 0 aromatic heterocycles. The molecule has 3 fully saturated rings. The second-order valence-corrected chi connectivity index (χ2v) is 10.5. The number of piperidine rings is 2. The minimum atomic E-state index is -0.638. The molecule has 3 aliphatic heterocycles. The van der Waals surface area contributed by atoms with E-state index in [0.717, 1.165) is 58.0 Å². The summed E-state index contributed by atoms with van der Waals surface area (Å²) in [5.41, 5.74) is -0.203. The van der Waals surface area contributed by atoms with E-state index in [1.165, 1.54) is 0 Å². The van der Waals surface area contributed by atoms with Crippen LogP contribution in [0.5, 0.6) is 5.75 Å². The molecule has 194 valence electrons. The molecular formula is C27H43N5O3. The smallest absolute Gasteiger partial charge is 0.260 e. The number of carbonyl (C=O) groups excluding carboxylic acids is 1. The van der Waals surface area contributed by atoms with Crippen molar-refractivity contribution in [2.75, 3.05) is 39.3 Å². The zero-order chi connectivity index (χ0) is 24.7. The topological polar surface area (TPSA) is 101 Å². The first kappa shape index (κ1) is 25.8. The molecule has 4 N–H and O–H groups in total. The van der Waals surface area contributed by atoms with Crippen LogP contribution in [0.3, 0.4) is 0 Å². The van der Waals surface area contributed by atoms with E-state index >= 15 is 0 Å². The average Bonchev–Trinajstić information content (AvgIpc) is 2.89. The highest BCUT2D eigenvalue weighted by Crippen LogP contribution is 2.37. The number of ether oxygens (including phenoxy) is 1. The number of nitrogens with zero attached hydrogens (tertiary/aromatic N) is 2. The highest BCUT2D eigenvalue weighted by molar-refractivity contribution is 5.79. The van der Waals surface area contributed by atoms with Gasteiger partial charge in [0.25, 0.3) is 5.91 Å². The Morgan fingerprint density at radius 2 is 2.00 bits per heavy atom. The second kappa shape index (κ2) is 12.1. The Kier molecular flexibility index (Phi) is 8.89.